The number of carbonyl (C=O) groups excluding carboxylic acids is 2. The van der Waals surface area contributed by atoms with E-state index in [0.29, 0.717) is 26.5 Å². The standard InChI is InChI=1S/C30H31N3O9/c1-2-15-31-28(38)32(16-22(34)18-41-26(36)21-10-4-3-5-11-21)30(40)33(29(31)39)17-23(35)19-42-27(37)25-14-8-12-20-9-6-7-13-24(20)25/h3-14,22-23,34-35H,2,15-19H2,1H3. The minimum absolute atomic E-state index is 0.0246. The first-order chi connectivity index (χ1) is 20.2. The third-order valence-corrected chi connectivity index (χ3v) is 6.45. The molecule has 3 aromatic carbocycles. The minimum atomic E-state index is -1.47. The molecule has 0 amide bonds. The Bertz CT molecular complexity index is 1740. The molecule has 0 aliphatic heterocycles. The summed E-state index contributed by atoms with van der Waals surface area (Å²) in [4.78, 5) is 64.1. The fraction of sp³-hybridized carbons (Fsp3) is 0.300. The summed E-state index contributed by atoms with van der Waals surface area (Å²) in [6.45, 7) is -0.494. The summed E-state index contributed by atoms with van der Waals surface area (Å²) in [5, 5.41) is 22.6. The van der Waals surface area contributed by atoms with Gasteiger partial charge >= 0.3 is 29.0 Å². The Morgan fingerprint density at radius 2 is 1.21 bits per heavy atom. The smallest absolute Gasteiger partial charge is 0.338 e. The molecule has 220 valence electrons. The van der Waals surface area contributed by atoms with E-state index in [1.54, 1.807) is 49.4 Å². The van der Waals surface area contributed by atoms with Crippen molar-refractivity contribution in [3.05, 3.63) is 115 Å². The number of aliphatic hydroxyl groups is 2. The SMILES string of the molecule is CCCn1c(=O)n(CC(O)COC(=O)c2ccccc2)c(=O)n(CC(O)COC(=O)c2cccc3ccccc23)c1=O. The molecule has 2 atom stereocenters. The molecule has 4 aromatic rings. The topological polar surface area (TPSA) is 159 Å². The highest BCUT2D eigenvalue weighted by atomic mass is 16.5. The molecule has 0 saturated heterocycles. The number of hydrogen-bond donors (Lipinski definition) is 2. The van der Waals surface area contributed by atoms with Crippen molar-refractivity contribution in [1.82, 2.24) is 13.7 Å². The van der Waals surface area contributed by atoms with Crippen LogP contribution in [0, 0.1) is 0 Å². The lowest BCUT2D eigenvalue weighted by molar-refractivity contribution is 0.0189. The zero-order valence-corrected chi connectivity index (χ0v) is 22.9. The monoisotopic (exact) mass is 577 g/mol. The van der Waals surface area contributed by atoms with Crippen LogP contribution in [0.2, 0.25) is 0 Å². The number of aromatic nitrogens is 3. The summed E-state index contributed by atoms with van der Waals surface area (Å²) in [5.74, 6) is -1.39. The van der Waals surface area contributed by atoms with Gasteiger partial charge in [-0.1, -0.05) is 61.5 Å². The van der Waals surface area contributed by atoms with Crippen molar-refractivity contribution in [2.45, 2.75) is 45.2 Å². The lowest BCUT2D eigenvalue weighted by Gasteiger charge is -2.18. The fourth-order valence-electron chi connectivity index (χ4n) is 4.42. The quantitative estimate of drug-likeness (QED) is 0.236. The van der Waals surface area contributed by atoms with Gasteiger partial charge in [-0.3, -0.25) is 0 Å². The molecule has 42 heavy (non-hydrogen) atoms. The number of nitrogens with zero attached hydrogens (tertiary/aromatic N) is 3. The predicted molar refractivity (Wildman–Crippen MR) is 152 cm³/mol. The average Bonchev–Trinajstić information content (AvgIpc) is 3.01. The molecule has 4 rings (SSSR count). The number of esters is 2. The van der Waals surface area contributed by atoms with Crippen LogP contribution in [-0.4, -0.2) is 61.3 Å². The maximum atomic E-state index is 13.2. The summed E-state index contributed by atoms with van der Waals surface area (Å²) in [5.41, 5.74) is -2.43. The van der Waals surface area contributed by atoms with Crippen molar-refractivity contribution in [1.29, 1.82) is 0 Å². The van der Waals surface area contributed by atoms with Crippen LogP contribution in [0.4, 0.5) is 0 Å². The van der Waals surface area contributed by atoms with Gasteiger partial charge in [0.1, 0.15) is 25.4 Å². The molecule has 0 saturated carbocycles. The zero-order chi connectivity index (χ0) is 30.2. The van der Waals surface area contributed by atoms with Crippen LogP contribution in [0.3, 0.4) is 0 Å². The number of carbonyl (C=O) groups is 2. The van der Waals surface area contributed by atoms with E-state index in [0.717, 1.165) is 9.95 Å². The highest BCUT2D eigenvalue weighted by molar-refractivity contribution is 6.04. The molecular formula is C30H31N3O9. The summed E-state index contributed by atoms with van der Waals surface area (Å²) in [6, 6.07) is 20.4. The summed E-state index contributed by atoms with van der Waals surface area (Å²) >= 11 is 0. The molecule has 2 unspecified atom stereocenters. The van der Waals surface area contributed by atoms with Gasteiger partial charge in [0, 0.05) is 6.54 Å². The first-order valence-corrected chi connectivity index (χ1v) is 13.4. The van der Waals surface area contributed by atoms with Crippen molar-refractivity contribution in [2.75, 3.05) is 13.2 Å². The highest BCUT2D eigenvalue weighted by Crippen LogP contribution is 2.19. The normalized spacial score (nSPS) is 12.5. The average molecular weight is 578 g/mol. The molecule has 0 radical (unpaired) electrons. The molecule has 1 aromatic heterocycles. The van der Waals surface area contributed by atoms with Crippen molar-refractivity contribution in [2.24, 2.45) is 0 Å². The predicted octanol–water partition coefficient (Wildman–Crippen LogP) is 1.17. The van der Waals surface area contributed by atoms with Gasteiger partial charge < -0.3 is 19.7 Å². The van der Waals surface area contributed by atoms with Crippen molar-refractivity contribution < 1.29 is 29.3 Å². The second kappa shape index (κ2) is 13.7. The van der Waals surface area contributed by atoms with Gasteiger partial charge in [-0.15, -0.1) is 0 Å². The van der Waals surface area contributed by atoms with Gasteiger partial charge in [0.2, 0.25) is 0 Å². The maximum absolute atomic E-state index is 13.2. The Morgan fingerprint density at radius 1 is 0.690 bits per heavy atom. The van der Waals surface area contributed by atoms with Crippen LogP contribution < -0.4 is 17.1 Å². The maximum Gasteiger partial charge on any atom is 0.338 e. The molecular weight excluding hydrogens is 546 g/mol. The molecule has 1 heterocycles. The summed E-state index contributed by atoms with van der Waals surface area (Å²) in [7, 11) is 0. The van der Waals surface area contributed by atoms with E-state index in [1.807, 2.05) is 18.2 Å². The largest absolute Gasteiger partial charge is 0.459 e. The van der Waals surface area contributed by atoms with Crippen molar-refractivity contribution >= 4 is 22.7 Å². The number of fused-ring (bicyclic) bond motifs is 1. The van der Waals surface area contributed by atoms with E-state index in [1.165, 1.54) is 12.1 Å². The van der Waals surface area contributed by atoms with Gasteiger partial charge in [0.15, 0.2) is 0 Å². The van der Waals surface area contributed by atoms with Crippen LogP contribution in [0.5, 0.6) is 0 Å². The Hall–Kier alpha value is -4.81. The van der Waals surface area contributed by atoms with Crippen LogP contribution in [0.15, 0.2) is 87.2 Å². The third kappa shape index (κ3) is 6.90. The fourth-order valence-corrected chi connectivity index (χ4v) is 4.42. The molecule has 0 spiro atoms. The second-order valence-corrected chi connectivity index (χ2v) is 9.62. The molecule has 0 aliphatic carbocycles. The zero-order valence-electron chi connectivity index (χ0n) is 22.9. The minimum Gasteiger partial charge on any atom is -0.459 e. The Morgan fingerprint density at radius 3 is 1.83 bits per heavy atom. The Labute approximate surface area is 239 Å². The molecule has 0 aliphatic rings. The second-order valence-electron chi connectivity index (χ2n) is 9.62. The highest BCUT2D eigenvalue weighted by Gasteiger charge is 2.21. The number of benzene rings is 3. The van der Waals surface area contributed by atoms with Crippen LogP contribution >= 0.6 is 0 Å². The molecule has 0 fully saturated rings. The van der Waals surface area contributed by atoms with Gasteiger partial charge in [-0.05, 0) is 35.4 Å². The number of ether oxygens (including phenoxy) is 2. The van der Waals surface area contributed by atoms with Crippen LogP contribution in [0.25, 0.3) is 10.8 Å². The van der Waals surface area contributed by atoms with E-state index in [9.17, 15) is 34.2 Å². The Balaban J connectivity index is 1.49. The van der Waals surface area contributed by atoms with E-state index < -0.39 is 67.5 Å². The van der Waals surface area contributed by atoms with E-state index in [2.05, 4.69) is 0 Å². The van der Waals surface area contributed by atoms with Gasteiger partial charge in [0.05, 0.1) is 24.2 Å². The van der Waals surface area contributed by atoms with Crippen molar-refractivity contribution in [3.8, 4) is 0 Å². The van der Waals surface area contributed by atoms with Crippen LogP contribution in [0.1, 0.15) is 34.1 Å². The van der Waals surface area contributed by atoms with Gasteiger partial charge in [-0.25, -0.2) is 37.7 Å². The molecule has 2 N–H and O–H groups in total. The van der Waals surface area contributed by atoms with Crippen molar-refractivity contribution in [3.63, 3.8) is 0 Å². The summed E-state index contributed by atoms with van der Waals surface area (Å²) in [6.07, 6.45) is -2.53. The van der Waals surface area contributed by atoms with Gasteiger partial charge in [0.25, 0.3) is 0 Å². The number of hydrogen-bond acceptors (Lipinski definition) is 9. The lowest BCUT2D eigenvalue weighted by Crippen LogP contribution is -2.56. The Kier molecular flexibility index (Phi) is 9.84. The van der Waals surface area contributed by atoms with Crippen LogP contribution in [-0.2, 0) is 29.1 Å². The first-order valence-electron chi connectivity index (χ1n) is 13.4. The molecule has 12 heteroatoms. The molecule has 0 bridgehead atoms. The summed E-state index contributed by atoms with van der Waals surface area (Å²) < 4.78 is 12.5. The lowest BCUT2D eigenvalue weighted by atomic mass is 10.1. The van der Waals surface area contributed by atoms with E-state index in [4.69, 9.17) is 9.47 Å². The van der Waals surface area contributed by atoms with E-state index in [-0.39, 0.29) is 12.1 Å². The van der Waals surface area contributed by atoms with Gasteiger partial charge in [-0.2, -0.15) is 0 Å². The van der Waals surface area contributed by atoms with E-state index >= 15 is 0 Å². The number of aliphatic hydroxyl groups excluding tert-OH is 2. The third-order valence-electron chi connectivity index (χ3n) is 6.45. The number of rotatable bonds is 12. The molecule has 12 nitrogen and oxygen atoms in total. The first kappa shape index (κ1) is 30.2.